The molecule has 0 bridgehead atoms. The van der Waals surface area contributed by atoms with Crippen molar-refractivity contribution < 1.29 is 13.2 Å². The lowest BCUT2D eigenvalue weighted by atomic mass is 10.1. The predicted molar refractivity (Wildman–Crippen MR) is 82.5 cm³/mol. The number of halogens is 4. The van der Waals surface area contributed by atoms with Gasteiger partial charge in [0.2, 0.25) is 0 Å². The van der Waals surface area contributed by atoms with E-state index in [1.807, 2.05) is 0 Å². The maximum Gasteiger partial charge on any atom is 0.417 e. The molecule has 126 valence electrons. The molecule has 2 heterocycles. The summed E-state index contributed by atoms with van der Waals surface area (Å²) in [4.78, 5) is 1.38. The van der Waals surface area contributed by atoms with Gasteiger partial charge in [0, 0.05) is 12.1 Å². The fraction of sp³-hybridized carbons (Fsp3) is 0.286. The highest BCUT2D eigenvalue weighted by Gasteiger charge is 2.36. The summed E-state index contributed by atoms with van der Waals surface area (Å²) in [6.07, 6.45) is -3.57. The largest absolute Gasteiger partial charge is 0.417 e. The van der Waals surface area contributed by atoms with Crippen LogP contribution in [0.4, 0.5) is 13.2 Å². The minimum absolute atomic E-state index is 0.0371. The van der Waals surface area contributed by atoms with E-state index >= 15 is 0 Å². The lowest BCUT2D eigenvalue weighted by Crippen LogP contribution is -2.41. The molecular formula is C14H12ClF3N6. The van der Waals surface area contributed by atoms with Gasteiger partial charge < -0.3 is 4.90 Å². The molecule has 0 spiro atoms. The second-order valence-corrected chi connectivity index (χ2v) is 5.74. The van der Waals surface area contributed by atoms with Crippen LogP contribution in [0.2, 0.25) is 5.02 Å². The number of fused-ring (bicyclic) bond motifs is 1. The third-order valence-electron chi connectivity index (χ3n) is 3.80. The molecule has 1 atom stereocenters. The first kappa shape index (κ1) is 16.4. The van der Waals surface area contributed by atoms with Crippen molar-refractivity contribution in [2.45, 2.75) is 19.1 Å². The molecule has 1 aliphatic heterocycles. The highest BCUT2D eigenvalue weighted by molar-refractivity contribution is 6.34. The Morgan fingerprint density at radius 1 is 1.29 bits per heavy atom. The molecule has 2 aromatic rings. The maximum absolute atomic E-state index is 13.1. The van der Waals surface area contributed by atoms with E-state index in [9.17, 15) is 13.2 Å². The zero-order valence-corrected chi connectivity index (χ0v) is 13.2. The Morgan fingerprint density at radius 2 is 1.96 bits per heavy atom. The lowest BCUT2D eigenvalue weighted by Gasteiger charge is -2.31. The van der Waals surface area contributed by atoms with Crippen molar-refractivity contribution in [2.75, 3.05) is 6.54 Å². The molecule has 1 aromatic carbocycles. The molecule has 0 saturated carbocycles. The number of amidine groups is 1. The van der Waals surface area contributed by atoms with Gasteiger partial charge in [0.25, 0.3) is 0 Å². The van der Waals surface area contributed by atoms with E-state index in [0.717, 1.165) is 12.4 Å². The van der Waals surface area contributed by atoms with Crippen LogP contribution in [0.1, 0.15) is 24.4 Å². The molecule has 3 rings (SSSR count). The molecule has 1 aromatic heterocycles. The first-order chi connectivity index (χ1) is 11.3. The van der Waals surface area contributed by atoms with Gasteiger partial charge in [-0.2, -0.15) is 13.2 Å². The summed E-state index contributed by atoms with van der Waals surface area (Å²) in [5.74, 6) is 0.314. The van der Waals surface area contributed by atoms with Crippen molar-refractivity contribution in [3.05, 3.63) is 34.6 Å². The number of hydrogen-bond donors (Lipinski definition) is 2. The van der Waals surface area contributed by atoms with Gasteiger partial charge in [-0.05, 0) is 19.1 Å². The summed E-state index contributed by atoms with van der Waals surface area (Å²) in [5.41, 5.74) is -0.841. The fourth-order valence-electron chi connectivity index (χ4n) is 2.68. The zero-order chi connectivity index (χ0) is 17.6. The van der Waals surface area contributed by atoms with Crippen LogP contribution < -0.4 is 0 Å². The van der Waals surface area contributed by atoms with Gasteiger partial charge in [-0.25, -0.2) is 0 Å². The molecule has 0 fully saturated rings. The van der Waals surface area contributed by atoms with Crippen LogP contribution >= 0.6 is 11.6 Å². The summed E-state index contributed by atoms with van der Waals surface area (Å²) in [5, 5.41) is 22.7. The second-order valence-electron chi connectivity index (χ2n) is 5.36. The molecular weight excluding hydrogens is 345 g/mol. The Balaban J connectivity index is 2.18. The molecule has 24 heavy (non-hydrogen) atoms. The summed E-state index contributed by atoms with van der Waals surface area (Å²) < 4.78 is 40.7. The van der Waals surface area contributed by atoms with Crippen LogP contribution in [0.3, 0.4) is 0 Å². The normalized spacial score (nSPS) is 17.8. The summed E-state index contributed by atoms with van der Waals surface area (Å²) in [7, 11) is 0. The first-order valence-corrected chi connectivity index (χ1v) is 7.30. The van der Waals surface area contributed by atoms with Crippen LogP contribution in [0.25, 0.3) is 11.4 Å². The van der Waals surface area contributed by atoms with Crippen LogP contribution in [-0.4, -0.2) is 38.4 Å². The number of hydrogen-bond acceptors (Lipinski definition) is 4. The predicted octanol–water partition coefficient (Wildman–Crippen LogP) is 3.43. The summed E-state index contributed by atoms with van der Waals surface area (Å²) in [6.45, 7) is 2.12. The van der Waals surface area contributed by atoms with Crippen LogP contribution in [0.15, 0.2) is 18.2 Å². The Labute approximate surface area is 139 Å². The van der Waals surface area contributed by atoms with Gasteiger partial charge in [-0.1, -0.05) is 17.7 Å². The number of benzene rings is 1. The SMILES string of the molecule is CC1CN(C=N)C(=N)c2nnc(-c3cccc(C(F)(F)F)c3Cl)n21. The third-order valence-corrected chi connectivity index (χ3v) is 4.20. The van der Waals surface area contributed by atoms with Crippen molar-refractivity contribution >= 4 is 23.8 Å². The zero-order valence-electron chi connectivity index (χ0n) is 12.4. The molecule has 10 heteroatoms. The van der Waals surface area contributed by atoms with E-state index < -0.39 is 16.8 Å². The van der Waals surface area contributed by atoms with Gasteiger partial charge in [-0.3, -0.25) is 15.4 Å². The minimum Gasteiger partial charge on any atom is -0.313 e. The first-order valence-electron chi connectivity index (χ1n) is 6.92. The molecule has 2 N–H and O–H groups in total. The average Bonchev–Trinajstić information content (AvgIpc) is 2.95. The maximum atomic E-state index is 13.1. The lowest BCUT2D eigenvalue weighted by molar-refractivity contribution is -0.137. The Bertz CT molecular complexity index is 828. The smallest absolute Gasteiger partial charge is 0.313 e. The Morgan fingerprint density at radius 3 is 2.58 bits per heavy atom. The number of rotatable bonds is 2. The Kier molecular flexibility index (Phi) is 3.83. The number of alkyl halides is 3. The van der Waals surface area contributed by atoms with Crippen LogP contribution in [0, 0.1) is 10.8 Å². The van der Waals surface area contributed by atoms with Crippen molar-refractivity contribution in [2.24, 2.45) is 0 Å². The van der Waals surface area contributed by atoms with Gasteiger partial charge in [0.05, 0.1) is 23.0 Å². The Hall–Kier alpha value is -2.42. The molecule has 1 unspecified atom stereocenters. The molecule has 6 nitrogen and oxygen atoms in total. The number of nitrogens with zero attached hydrogens (tertiary/aromatic N) is 4. The van der Waals surface area contributed by atoms with Gasteiger partial charge in [0.1, 0.15) is 0 Å². The topological polar surface area (TPSA) is 81.7 Å². The van der Waals surface area contributed by atoms with E-state index in [-0.39, 0.29) is 29.1 Å². The van der Waals surface area contributed by atoms with E-state index in [1.54, 1.807) is 11.5 Å². The molecule has 1 aliphatic rings. The molecule has 0 radical (unpaired) electrons. The molecule has 0 amide bonds. The van der Waals surface area contributed by atoms with Crippen molar-refractivity contribution in [1.29, 1.82) is 10.8 Å². The van der Waals surface area contributed by atoms with Crippen molar-refractivity contribution in [3.8, 4) is 11.4 Å². The average molecular weight is 357 g/mol. The van der Waals surface area contributed by atoms with Crippen LogP contribution in [-0.2, 0) is 6.18 Å². The fourth-order valence-corrected chi connectivity index (χ4v) is 3.00. The molecule has 0 aliphatic carbocycles. The molecule has 0 saturated heterocycles. The van der Waals surface area contributed by atoms with Crippen molar-refractivity contribution in [3.63, 3.8) is 0 Å². The van der Waals surface area contributed by atoms with E-state index in [2.05, 4.69) is 10.2 Å². The van der Waals surface area contributed by atoms with E-state index in [0.29, 0.717) is 6.54 Å². The summed E-state index contributed by atoms with van der Waals surface area (Å²) >= 11 is 5.97. The highest BCUT2D eigenvalue weighted by atomic mass is 35.5. The quantitative estimate of drug-likeness (QED) is 0.639. The second kappa shape index (κ2) is 5.59. The van der Waals surface area contributed by atoms with Crippen molar-refractivity contribution in [1.82, 2.24) is 19.7 Å². The highest BCUT2D eigenvalue weighted by Crippen LogP contribution is 2.40. The van der Waals surface area contributed by atoms with E-state index in [1.165, 1.54) is 17.0 Å². The van der Waals surface area contributed by atoms with Gasteiger partial charge >= 0.3 is 6.18 Å². The standard InChI is InChI=1S/C14H12ClF3N6/c1-7-5-23(6-19)11(20)13-22-21-12(24(7)13)8-3-2-4-9(10(8)15)14(16,17)18/h2-4,6-7,19-20H,5H2,1H3. The van der Waals surface area contributed by atoms with Gasteiger partial charge in [-0.15, -0.1) is 10.2 Å². The number of nitrogens with one attached hydrogen (secondary N) is 2. The van der Waals surface area contributed by atoms with Crippen LogP contribution in [0.5, 0.6) is 0 Å². The minimum atomic E-state index is -4.58. The summed E-state index contributed by atoms with van der Waals surface area (Å²) in [6, 6.07) is 3.36. The monoisotopic (exact) mass is 356 g/mol. The third kappa shape index (κ3) is 2.44. The van der Waals surface area contributed by atoms with E-state index in [4.69, 9.17) is 22.4 Å². The number of aromatic nitrogens is 3. The van der Waals surface area contributed by atoms with Gasteiger partial charge in [0.15, 0.2) is 17.5 Å².